The summed E-state index contributed by atoms with van der Waals surface area (Å²) in [5.74, 6) is 1.21. The van der Waals surface area contributed by atoms with Crippen LogP contribution in [0.3, 0.4) is 0 Å². The normalized spacial score (nSPS) is 18.8. The molecule has 2 heterocycles. The molecule has 0 bridgehead atoms. The Balaban J connectivity index is 1.21. The van der Waals surface area contributed by atoms with Crippen LogP contribution >= 0.6 is 0 Å². The van der Waals surface area contributed by atoms with Crippen LogP contribution in [0.25, 0.3) is 11.3 Å². The van der Waals surface area contributed by atoms with Gasteiger partial charge in [-0.25, -0.2) is 9.97 Å². The lowest BCUT2D eigenvalue weighted by Gasteiger charge is -2.34. The van der Waals surface area contributed by atoms with Gasteiger partial charge in [0, 0.05) is 30.6 Å². The number of benzene rings is 2. The molecular formula is C27H30N4O. The molecule has 2 aliphatic rings. The molecule has 0 saturated carbocycles. The van der Waals surface area contributed by atoms with Gasteiger partial charge in [0.15, 0.2) is 0 Å². The Kier molecular flexibility index (Phi) is 5.89. The number of carbonyl (C=O) groups is 1. The number of aryl methyl sites for hydroxylation is 2. The number of nitrogens with zero attached hydrogens (tertiary/aromatic N) is 3. The Morgan fingerprint density at radius 2 is 1.84 bits per heavy atom. The zero-order valence-electron chi connectivity index (χ0n) is 18.6. The number of aromatic nitrogens is 2. The number of hydrogen-bond donors (Lipinski definition) is 1. The van der Waals surface area contributed by atoms with E-state index in [9.17, 15) is 4.79 Å². The predicted octanol–water partition coefficient (Wildman–Crippen LogP) is 4.86. The molecule has 32 heavy (non-hydrogen) atoms. The highest BCUT2D eigenvalue weighted by Crippen LogP contribution is 2.31. The summed E-state index contributed by atoms with van der Waals surface area (Å²) in [6.07, 6.45) is 6.63. The van der Waals surface area contributed by atoms with Crippen LogP contribution < -0.4 is 10.2 Å². The maximum atomic E-state index is 13.0. The van der Waals surface area contributed by atoms with Crippen molar-refractivity contribution < 1.29 is 4.79 Å². The highest BCUT2D eigenvalue weighted by atomic mass is 16.1. The lowest BCUT2D eigenvalue weighted by Crippen LogP contribution is -2.42. The molecule has 1 saturated heterocycles. The molecule has 0 unspecified atom stereocenters. The van der Waals surface area contributed by atoms with Gasteiger partial charge in [0.1, 0.15) is 12.1 Å². The zero-order chi connectivity index (χ0) is 21.9. The van der Waals surface area contributed by atoms with E-state index in [0.29, 0.717) is 0 Å². The van der Waals surface area contributed by atoms with Crippen LogP contribution in [0.5, 0.6) is 0 Å². The van der Waals surface area contributed by atoms with Gasteiger partial charge in [0.05, 0.1) is 11.7 Å². The molecule has 2 aromatic carbocycles. The minimum absolute atomic E-state index is 0.0680. The van der Waals surface area contributed by atoms with Gasteiger partial charge in [-0.3, -0.25) is 4.79 Å². The molecule has 5 rings (SSSR count). The third-order valence-corrected chi connectivity index (χ3v) is 6.84. The van der Waals surface area contributed by atoms with Crippen molar-refractivity contribution in [3.8, 4) is 11.3 Å². The van der Waals surface area contributed by atoms with E-state index >= 15 is 0 Å². The molecule has 164 valence electrons. The molecule has 1 N–H and O–H groups in total. The standard InChI is InChI=1S/C27H30N4O/c1-19-6-4-9-22(16-19)25-17-26(29-18-28-25)31-14-12-21(13-15-31)27(32)30-24-11-5-8-20-7-2-3-10-23(20)24/h2-4,6-7,9-10,16-18,21,24H,5,8,11-15H2,1H3,(H,30,32)/t24-/m0/s1. The average molecular weight is 427 g/mol. The van der Waals surface area contributed by atoms with E-state index in [1.807, 2.05) is 0 Å². The largest absolute Gasteiger partial charge is 0.356 e. The maximum absolute atomic E-state index is 13.0. The Morgan fingerprint density at radius 3 is 2.69 bits per heavy atom. The maximum Gasteiger partial charge on any atom is 0.223 e. The van der Waals surface area contributed by atoms with Crippen molar-refractivity contribution in [3.05, 3.63) is 77.6 Å². The highest BCUT2D eigenvalue weighted by Gasteiger charge is 2.29. The third kappa shape index (κ3) is 4.38. The number of amides is 1. The Bertz CT molecular complexity index is 1100. The summed E-state index contributed by atoms with van der Waals surface area (Å²) < 4.78 is 0. The number of piperidine rings is 1. The quantitative estimate of drug-likeness (QED) is 0.647. The van der Waals surface area contributed by atoms with Crippen molar-refractivity contribution in [2.24, 2.45) is 5.92 Å². The summed E-state index contributed by atoms with van der Waals surface area (Å²) >= 11 is 0. The van der Waals surface area contributed by atoms with Gasteiger partial charge in [-0.15, -0.1) is 0 Å². The minimum Gasteiger partial charge on any atom is -0.356 e. The number of nitrogens with one attached hydrogen (secondary N) is 1. The van der Waals surface area contributed by atoms with Crippen LogP contribution in [0.1, 0.15) is 48.4 Å². The van der Waals surface area contributed by atoms with Crippen molar-refractivity contribution in [2.75, 3.05) is 18.0 Å². The third-order valence-electron chi connectivity index (χ3n) is 6.84. The fourth-order valence-electron chi connectivity index (χ4n) is 5.05. The van der Waals surface area contributed by atoms with Crippen molar-refractivity contribution in [3.63, 3.8) is 0 Å². The highest BCUT2D eigenvalue weighted by molar-refractivity contribution is 5.79. The lowest BCUT2D eigenvalue weighted by atomic mass is 9.87. The van der Waals surface area contributed by atoms with Gasteiger partial charge < -0.3 is 10.2 Å². The van der Waals surface area contributed by atoms with Gasteiger partial charge in [-0.1, -0.05) is 48.0 Å². The van der Waals surface area contributed by atoms with Gasteiger partial charge in [-0.05, 0) is 56.2 Å². The fourth-order valence-corrected chi connectivity index (χ4v) is 5.05. The van der Waals surface area contributed by atoms with E-state index in [-0.39, 0.29) is 17.9 Å². The van der Waals surface area contributed by atoms with Crippen molar-refractivity contribution in [2.45, 2.75) is 45.1 Å². The Labute approximate surface area is 189 Å². The van der Waals surface area contributed by atoms with E-state index in [1.54, 1.807) is 6.33 Å². The number of fused-ring (bicyclic) bond motifs is 1. The van der Waals surface area contributed by atoms with Gasteiger partial charge in [0.25, 0.3) is 0 Å². The summed E-state index contributed by atoms with van der Waals surface area (Å²) in [4.78, 5) is 24.3. The number of hydrogen-bond acceptors (Lipinski definition) is 4. The predicted molar refractivity (Wildman–Crippen MR) is 127 cm³/mol. The summed E-state index contributed by atoms with van der Waals surface area (Å²) in [6.45, 7) is 3.76. The van der Waals surface area contributed by atoms with Gasteiger partial charge in [0.2, 0.25) is 5.91 Å². The lowest BCUT2D eigenvalue weighted by molar-refractivity contribution is -0.126. The molecule has 1 fully saturated rings. The summed E-state index contributed by atoms with van der Waals surface area (Å²) in [6, 6.07) is 19.1. The smallest absolute Gasteiger partial charge is 0.223 e. The SMILES string of the molecule is Cc1cccc(-c2cc(N3CCC(C(=O)N[C@H]4CCCc5ccccc54)CC3)ncn2)c1. The monoisotopic (exact) mass is 426 g/mol. The summed E-state index contributed by atoms with van der Waals surface area (Å²) in [5, 5.41) is 3.35. The molecule has 1 aromatic heterocycles. The van der Waals surface area contributed by atoms with Crippen LogP contribution in [-0.2, 0) is 11.2 Å². The van der Waals surface area contributed by atoms with Crippen molar-refractivity contribution in [1.82, 2.24) is 15.3 Å². The van der Waals surface area contributed by atoms with Crippen LogP contribution in [0.2, 0.25) is 0 Å². The van der Waals surface area contributed by atoms with Gasteiger partial charge in [-0.2, -0.15) is 0 Å². The second kappa shape index (κ2) is 9.11. The fraction of sp³-hybridized carbons (Fsp3) is 0.370. The molecule has 0 spiro atoms. The number of rotatable bonds is 4. The molecule has 1 aliphatic heterocycles. The van der Waals surface area contributed by atoms with Crippen molar-refractivity contribution in [1.29, 1.82) is 0 Å². The molecule has 3 aromatic rings. The Morgan fingerprint density at radius 1 is 1.00 bits per heavy atom. The Hall–Kier alpha value is -3.21. The van der Waals surface area contributed by atoms with E-state index in [1.165, 1.54) is 16.7 Å². The second-order valence-electron chi connectivity index (χ2n) is 9.04. The topological polar surface area (TPSA) is 58.1 Å². The first kappa shape index (κ1) is 20.7. The first-order chi connectivity index (χ1) is 15.7. The second-order valence-corrected chi connectivity index (χ2v) is 9.04. The van der Waals surface area contributed by atoms with Gasteiger partial charge >= 0.3 is 0 Å². The van der Waals surface area contributed by atoms with E-state index < -0.39 is 0 Å². The van der Waals surface area contributed by atoms with E-state index in [0.717, 1.165) is 62.3 Å². The molecule has 1 amide bonds. The van der Waals surface area contributed by atoms with Crippen LogP contribution in [-0.4, -0.2) is 29.0 Å². The summed E-state index contributed by atoms with van der Waals surface area (Å²) in [7, 11) is 0. The number of anilines is 1. The molecule has 1 atom stereocenters. The molecule has 5 nitrogen and oxygen atoms in total. The minimum atomic E-state index is 0.0680. The van der Waals surface area contributed by atoms with E-state index in [4.69, 9.17) is 0 Å². The van der Waals surface area contributed by atoms with Crippen molar-refractivity contribution >= 4 is 11.7 Å². The molecule has 1 aliphatic carbocycles. The summed E-state index contributed by atoms with van der Waals surface area (Å²) in [5.41, 5.74) is 5.95. The van der Waals surface area contributed by atoms with E-state index in [2.05, 4.69) is 81.7 Å². The van der Waals surface area contributed by atoms with Crippen LogP contribution in [0.4, 0.5) is 5.82 Å². The molecule has 0 radical (unpaired) electrons. The molecule has 5 heteroatoms. The number of carbonyl (C=O) groups excluding carboxylic acids is 1. The van der Waals surface area contributed by atoms with Crippen LogP contribution in [0, 0.1) is 12.8 Å². The zero-order valence-corrected chi connectivity index (χ0v) is 18.6. The van der Waals surface area contributed by atoms with Crippen LogP contribution in [0.15, 0.2) is 60.9 Å². The first-order valence-electron chi connectivity index (χ1n) is 11.7. The average Bonchev–Trinajstić information content (AvgIpc) is 2.84. The first-order valence-corrected chi connectivity index (χ1v) is 11.7. The molecular weight excluding hydrogens is 396 g/mol.